The molecule has 7 heteroatoms. The summed E-state index contributed by atoms with van der Waals surface area (Å²) < 4.78 is 27.1. The van der Waals surface area contributed by atoms with Crippen LogP contribution in [-0.2, 0) is 10.0 Å². The molecule has 0 aliphatic carbocycles. The van der Waals surface area contributed by atoms with Crippen molar-refractivity contribution in [2.75, 3.05) is 10.0 Å². The summed E-state index contributed by atoms with van der Waals surface area (Å²) in [5.74, 6) is 0. The molecule has 0 aliphatic heterocycles. The average molecular weight is 365 g/mol. The number of hydrogen-bond acceptors (Lipinski definition) is 4. The van der Waals surface area contributed by atoms with Crippen LogP contribution < -0.4 is 10.0 Å². The van der Waals surface area contributed by atoms with Crippen molar-refractivity contribution < 1.29 is 8.42 Å². The quantitative estimate of drug-likeness (QED) is 0.673. The molecule has 0 fully saturated rings. The van der Waals surface area contributed by atoms with Crippen molar-refractivity contribution in [3.63, 3.8) is 0 Å². The van der Waals surface area contributed by atoms with Crippen molar-refractivity contribution in [1.29, 1.82) is 0 Å². The first-order valence-electron chi connectivity index (χ1n) is 6.72. The maximum atomic E-state index is 12.1. The van der Waals surface area contributed by atoms with E-state index >= 15 is 0 Å². The minimum absolute atomic E-state index is 0.292. The minimum Gasteiger partial charge on any atom is -0.356 e. The molecule has 0 unspecified atom stereocenters. The van der Waals surface area contributed by atoms with Gasteiger partial charge in [0.15, 0.2) is 0 Å². The zero-order valence-corrected chi connectivity index (χ0v) is 14.3. The van der Waals surface area contributed by atoms with E-state index < -0.39 is 10.0 Å². The van der Waals surface area contributed by atoms with Gasteiger partial charge in [-0.1, -0.05) is 17.7 Å². The van der Waals surface area contributed by atoms with E-state index in [1.165, 1.54) is 11.3 Å². The third kappa shape index (κ3) is 4.04. The minimum atomic E-state index is -3.51. The van der Waals surface area contributed by atoms with Gasteiger partial charge in [-0.15, -0.1) is 11.3 Å². The first-order valence-corrected chi connectivity index (χ1v) is 9.46. The molecule has 0 spiro atoms. The van der Waals surface area contributed by atoms with E-state index in [1.54, 1.807) is 53.9 Å². The van der Waals surface area contributed by atoms with Crippen LogP contribution >= 0.6 is 22.9 Å². The SMILES string of the molecule is O=S(=O)(Nc1ccc(Nc2ccc(Cl)cc2)cc1)c1cccs1. The Morgan fingerprint density at radius 2 is 1.39 bits per heavy atom. The van der Waals surface area contributed by atoms with Crippen molar-refractivity contribution in [2.24, 2.45) is 0 Å². The number of hydrogen-bond donors (Lipinski definition) is 2. The predicted molar refractivity (Wildman–Crippen MR) is 96.3 cm³/mol. The highest BCUT2D eigenvalue weighted by atomic mass is 35.5. The van der Waals surface area contributed by atoms with Gasteiger partial charge in [-0.05, 0) is 60.0 Å². The number of anilines is 3. The highest BCUT2D eigenvalue weighted by Gasteiger charge is 2.14. The summed E-state index contributed by atoms with van der Waals surface area (Å²) in [6, 6.07) is 17.7. The molecule has 0 amide bonds. The lowest BCUT2D eigenvalue weighted by Crippen LogP contribution is -2.11. The molecule has 3 rings (SSSR count). The van der Waals surface area contributed by atoms with Gasteiger partial charge in [0.25, 0.3) is 10.0 Å². The molecule has 0 saturated heterocycles. The second kappa shape index (κ2) is 6.62. The molecule has 4 nitrogen and oxygen atoms in total. The third-order valence-electron chi connectivity index (χ3n) is 3.03. The van der Waals surface area contributed by atoms with E-state index in [4.69, 9.17) is 11.6 Å². The van der Waals surface area contributed by atoms with Crippen molar-refractivity contribution in [3.05, 3.63) is 71.1 Å². The van der Waals surface area contributed by atoms with Crippen molar-refractivity contribution in [1.82, 2.24) is 0 Å². The molecule has 0 aliphatic rings. The lowest BCUT2D eigenvalue weighted by atomic mass is 10.2. The second-order valence-electron chi connectivity index (χ2n) is 4.75. The van der Waals surface area contributed by atoms with Crippen LogP contribution in [-0.4, -0.2) is 8.42 Å². The standard InChI is InChI=1S/C16H13ClN2O2S2/c17-12-3-5-13(6-4-12)18-14-7-9-15(10-8-14)19-23(20,21)16-2-1-11-22-16/h1-11,18-19H. The number of halogens is 1. The predicted octanol–water partition coefficient (Wildman–Crippen LogP) is 4.95. The van der Waals surface area contributed by atoms with Crippen LogP contribution in [0.15, 0.2) is 70.3 Å². The Bertz CT molecular complexity index is 875. The Hall–Kier alpha value is -2.02. The lowest BCUT2D eigenvalue weighted by Gasteiger charge is -2.09. The maximum absolute atomic E-state index is 12.1. The summed E-state index contributed by atoms with van der Waals surface area (Å²) in [4.78, 5) is 0. The second-order valence-corrected chi connectivity index (χ2v) is 8.04. The van der Waals surface area contributed by atoms with Crippen LogP contribution in [0.1, 0.15) is 0 Å². The molecule has 0 bridgehead atoms. The first kappa shape index (κ1) is 15.9. The van der Waals surface area contributed by atoms with Gasteiger partial charge in [0.1, 0.15) is 4.21 Å². The van der Waals surface area contributed by atoms with E-state index in [0.29, 0.717) is 14.9 Å². The lowest BCUT2D eigenvalue weighted by molar-refractivity contribution is 0.603. The number of benzene rings is 2. The van der Waals surface area contributed by atoms with Gasteiger partial charge < -0.3 is 5.32 Å². The van der Waals surface area contributed by atoms with Gasteiger partial charge in [0.2, 0.25) is 0 Å². The number of nitrogens with one attached hydrogen (secondary N) is 2. The fourth-order valence-electron chi connectivity index (χ4n) is 1.94. The van der Waals surface area contributed by atoms with Crippen LogP contribution in [0.2, 0.25) is 5.02 Å². The van der Waals surface area contributed by atoms with E-state index in [0.717, 1.165) is 11.4 Å². The van der Waals surface area contributed by atoms with E-state index in [9.17, 15) is 8.42 Å². The Balaban J connectivity index is 1.71. The van der Waals surface area contributed by atoms with E-state index in [1.807, 2.05) is 12.1 Å². The molecular weight excluding hydrogens is 352 g/mol. The van der Waals surface area contributed by atoms with Crippen molar-refractivity contribution in [2.45, 2.75) is 4.21 Å². The number of sulfonamides is 1. The topological polar surface area (TPSA) is 58.2 Å². The third-order valence-corrected chi connectivity index (χ3v) is 6.06. The fraction of sp³-hybridized carbons (Fsp3) is 0. The average Bonchev–Trinajstić information content (AvgIpc) is 3.07. The first-order chi connectivity index (χ1) is 11.0. The zero-order valence-electron chi connectivity index (χ0n) is 11.9. The van der Waals surface area contributed by atoms with Gasteiger partial charge in [-0.3, -0.25) is 4.72 Å². The van der Waals surface area contributed by atoms with E-state index in [-0.39, 0.29) is 0 Å². The summed E-state index contributed by atoms with van der Waals surface area (Å²) in [7, 11) is -3.51. The summed E-state index contributed by atoms with van der Waals surface area (Å²) in [5, 5.41) is 5.62. The van der Waals surface area contributed by atoms with Gasteiger partial charge in [0, 0.05) is 22.1 Å². The molecule has 118 valence electrons. The molecule has 0 radical (unpaired) electrons. The largest absolute Gasteiger partial charge is 0.356 e. The van der Waals surface area contributed by atoms with Crippen molar-refractivity contribution >= 4 is 50.0 Å². The number of rotatable bonds is 5. The Morgan fingerprint density at radius 3 is 1.96 bits per heavy atom. The highest BCUT2D eigenvalue weighted by molar-refractivity contribution is 7.94. The van der Waals surface area contributed by atoms with Crippen LogP contribution in [0.5, 0.6) is 0 Å². The van der Waals surface area contributed by atoms with Gasteiger partial charge in [0.05, 0.1) is 0 Å². The maximum Gasteiger partial charge on any atom is 0.271 e. The summed E-state index contributed by atoms with van der Waals surface area (Å²) in [6.07, 6.45) is 0. The Labute approximate surface area is 143 Å². The summed E-state index contributed by atoms with van der Waals surface area (Å²) >= 11 is 7.03. The van der Waals surface area contributed by atoms with Gasteiger partial charge in [-0.2, -0.15) is 0 Å². The molecule has 2 N–H and O–H groups in total. The molecular formula is C16H13ClN2O2S2. The van der Waals surface area contributed by atoms with Gasteiger partial charge in [-0.25, -0.2) is 8.42 Å². The summed E-state index contributed by atoms with van der Waals surface area (Å²) in [6.45, 7) is 0. The monoisotopic (exact) mass is 364 g/mol. The van der Waals surface area contributed by atoms with Crippen LogP contribution in [0, 0.1) is 0 Å². The summed E-state index contributed by atoms with van der Waals surface area (Å²) in [5.41, 5.74) is 2.27. The fourth-order valence-corrected chi connectivity index (χ4v) is 4.12. The Morgan fingerprint density at radius 1 is 0.826 bits per heavy atom. The van der Waals surface area contributed by atoms with Gasteiger partial charge >= 0.3 is 0 Å². The van der Waals surface area contributed by atoms with E-state index in [2.05, 4.69) is 10.0 Å². The number of thiophene rings is 1. The Kier molecular flexibility index (Phi) is 4.56. The molecule has 23 heavy (non-hydrogen) atoms. The molecule has 3 aromatic rings. The zero-order chi connectivity index (χ0) is 16.3. The molecule has 1 heterocycles. The van der Waals surface area contributed by atoms with Crippen LogP contribution in [0.25, 0.3) is 0 Å². The van der Waals surface area contributed by atoms with Crippen LogP contribution in [0.3, 0.4) is 0 Å². The van der Waals surface area contributed by atoms with Crippen LogP contribution in [0.4, 0.5) is 17.1 Å². The highest BCUT2D eigenvalue weighted by Crippen LogP contribution is 2.23. The molecule has 2 aromatic carbocycles. The molecule has 0 atom stereocenters. The molecule has 0 saturated carbocycles. The molecule has 1 aromatic heterocycles. The normalized spacial score (nSPS) is 11.2. The smallest absolute Gasteiger partial charge is 0.271 e. The van der Waals surface area contributed by atoms with Crippen molar-refractivity contribution in [3.8, 4) is 0 Å².